The molecule has 5 rings (SSSR count). The molecule has 0 saturated heterocycles. The van der Waals surface area contributed by atoms with Crippen LogP contribution in [0.5, 0.6) is 11.5 Å². The molecule has 0 fully saturated rings. The summed E-state index contributed by atoms with van der Waals surface area (Å²) in [6, 6.07) is 21.0. The van der Waals surface area contributed by atoms with Crippen LogP contribution >= 0.6 is 23.4 Å². The lowest BCUT2D eigenvalue weighted by atomic mass is 9.98. The number of nitrogens with zero attached hydrogens (tertiary/aromatic N) is 3. The standard InChI is InChI=1S/C33H35ClN4O5S/c1-21-6-12-24(13-7-21)38-33-30(31(36-38)22-8-10-23(34)11-9-22)32(26-18-25(42-3)14-15-27(26)43-4)44-20-29(40)37(33)19-28(39)35-16-5-17-41-2/h6-15,18,32H,5,16-17,19-20H2,1-4H3,(H,35,39)/t32-/m1/s1. The van der Waals surface area contributed by atoms with Crippen molar-refractivity contribution in [2.24, 2.45) is 0 Å². The van der Waals surface area contributed by atoms with Gasteiger partial charge < -0.3 is 19.5 Å². The second kappa shape index (κ2) is 14.2. The number of amides is 2. The molecule has 230 valence electrons. The van der Waals surface area contributed by atoms with Crippen molar-refractivity contribution in [2.45, 2.75) is 18.6 Å². The van der Waals surface area contributed by atoms with E-state index in [1.54, 1.807) is 30.9 Å². The molecule has 9 nitrogen and oxygen atoms in total. The molecule has 1 N–H and O–H groups in total. The Labute approximate surface area is 266 Å². The van der Waals surface area contributed by atoms with E-state index in [1.807, 2.05) is 73.7 Å². The SMILES string of the molecule is COCCCNC(=O)CN1C(=O)CS[C@H](c2cc(OC)ccc2OC)c2c(-c3ccc(Cl)cc3)nn(-c3ccc(C)cc3)c21. The zero-order valence-corrected chi connectivity index (χ0v) is 26.7. The molecule has 1 aromatic heterocycles. The molecule has 0 bridgehead atoms. The number of benzene rings is 3. The molecule has 0 radical (unpaired) electrons. The smallest absolute Gasteiger partial charge is 0.240 e. The van der Waals surface area contributed by atoms with Crippen LogP contribution in [-0.2, 0) is 14.3 Å². The number of hydrogen-bond acceptors (Lipinski definition) is 7. The molecule has 0 aliphatic carbocycles. The number of aryl methyl sites for hydroxylation is 1. The summed E-state index contributed by atoms with van der Waals surface area (Å²) in [6.45, 7) is 2.81. The number of hydrogen-bond donors (Lipinski definition) is 1. The molecule has 1 atom stereocenters. The van der Waals surface area contributed by atoms with Gasteiger partial charge >= 0.3 is 0 Å². The van der Waals surface area contributed by atoms with E-state index in [2.05, 4.69) is 5.32 Å². The van der Waals surface area contributed by atoms with Gasteiger partial charge in [0.1, 0.15) is 23.9 Å². The minimum atomic E-state index is -0.390. The number of ether oxygens (including phenoxy) is 3. The lowest BCUT2D eigenvalue weighted by molar-refractivity contribution is -0.122. The highest BCUT2D eigenvalue weighted by Gasteiger charge is 2.38. The first kappa shape index (κ1) is 31.4. The van der Waals surface area contributed by atoms with Crippen LogP contribution in [0, 0.1) is 6.92 Å². The topological polar surface area (TPSA) is 94.9 Å². The average molecular weight is 635 g/mol. The molecule has 1 aliphatic rings. The Morgan fingerprint density at radius 3 is 2.48 bits per heavy atom. The van der Waals surface area contributed by atoms with Crippen LogP contribution in [0.1, 0.15) is 28.4 Å². The van der Waals surface area contributed by atoms with Crippen molar-refractivity contribution >= 4 is 41.0 Å². The maximum atomic E-state index is 14.0. The highest BCUT2D eigenvalue weighted by atomic mass is 35.5. The van der Waals surface area contributed by atoms with Gasteiger partial charge in [0.25, 0.3) is 0 Å². The van der Waals surface area contributed by atoms with Gasteiger partial charge in [0, 0.05) is 42.0 Å². The van der Waals surface area contributed by atoms with Gasteiger partial charge in [-0.05, 0) is 55.8 Å². The van der Waals surface area contributed by atoms with Crippen LogP contribution in [0.2, 0.25) is 5.02 Å². The molecule has 0 saturated carbocycles. The fourth-order valence-corrected chi connectivity index (χ4v) is 6.48. The summed E-state index contributed by atoms with van der Waals surface area (Å²) in [5.74, 6) is 1.48. The van der Waals surface area contributed by atoms with Gasteiger partial charge in [-0.2, -0.15) is 5.10 Å². The molecule has 2 heterocycles. The van der Waals surface area contributed by atoms with Crippen LogP contribution in [0.25, 0.3) is 16.9 Å². The first-order valence-corrected chi connectivity index (χ1v) is 15.6. The second-order valence-electron chi connectivity index (χ2n) is 10.3. The molecule has 1 aliphatic heterocycles. The van der Waals surface area contributed by atoms with E-state index in [0.717, 1.165) is 27.9 Å². The van der Waals surface area contributed by atoms with Crippen molar-refractivity contribution in [1.29, 1.82) is 0 Å². The van der Waals surface area contributed by atoms with Gasteiger partial charge in [-0.3, -0.25) is 14.5 Å². The summed E-state index contributed by atoms with van der Waals surface area (Å²) in [4.78, 5) is 28.8. The quantitative estimate of drug-likeness (QED) is 0.207. The maximum absolute atomic E-state index is 14.0. The van der Waals surface area contributed by atoms with Gasteiger partial charge in [-0.25, -0.2) is 4.68 Å². The predicted molar refractivity (Wildman–Crippen MR) is 174 cm³/mol. The molecule has 44 heavy (non-hydrogen) atoms. The molecule has 0 spiro atoms. The first-order valence-electron chi connectivity index (χ1n) is 14.2. The number of thioether (sulfide) groups is 1. The fourth-order valence-electron chi connectivity index (χ4n) is 5.14. The Hall–Kier alpha value is -3.99. The van der Waals surface area contributed by atoms with Crippen molar-refractivity contribution in [3.8, 4) is 28.4 Å². The summed E-state index contributed by atoms with van der Waals surface area (Å²) >= 11 is 7.74. The molecular weight excluding hydrogens is 600 g/mol. The molecular formula is C33H35ClN4O5S. The van der Waals surface area contributed by atoms with Crippen LogP contribution in [0.15, 0.2) is 66.7 Å². The van der Waals surface area contributed by atoms with Crippen molar-refractivity contribution < 1.29 is 23.8 Å². The Balaban J connectivity index is 1.76. The maximum Gasteiger partial charge on any atom is 0.240 e. The molecule has 0 unspecified atom stereocenters. The zero-order valence-electron chi connectivity index (χ0n) is 25.1. The largest absolute Gasteiger partial charge is 0.497 e. The minimum absolute atomic E-state index is 0.130. The number of fused-ring (bicyclic) bond motifs is 1. The van der Waals surface area contributed by atoms with Crippen molar-refractivity contribution in [1.82, 2.24) is 15.1 Å². The lowest BCUT2D eigenvalue weighted by Crippen LogP contribution is -2.42. The summed E-state index contributed by atoms with van der Waals surface area (Å²) < 4.78 is 18.3. The highest BCUT2D eigenvalue weighted by molar-refractivity contribution is 8.00. The van der Waals surface area contributed by atoms with Gasteiger partial charge in [0.05, 0.1) is 36.6 Å². The van der Waals surface area contributed by atoms with E-state index in [-0.39, 0.29) is 24.1 Å². The van der Waals surface area contributed by atoms with E-state index >= 15 is 0 Å². The van der Waals surface area contributed by atoms with E-state index in [4.69, 9.17) is 30.9 Å². The molecule has 2 amide bonds. The Morgan fingerprint density at radius 2 is 1.80 bits per heavy atom. The third-order valence-corrected chi connectivity index (χ3v) is 8.84. The van der Waals surface area contributed by atoms with Gasteiger partial charge in [0.15, 0.2) is 0 Å². The number of aromatic nitrogens is 2. The number of carbonyl (C=O) groups excluding carboxylic acids is 2. The number of anilines is 1. The summed E-state index contributed by atoms with van der Waals surface area (Å²) in [7, 11) is 4.85. The van der Waals surface area contributed by atoms with Crippen LogP contribution < -0.4 is 19.7 Å². The summed E-state index contributed by atoms with van der Waals surface area (Å²) in [6.07, 6.45) is 0.664. The van der Waals surface area contributed by atoms with E-state index in [1.165, 1.54) is 11.8 Å². The number of nitrogens with one attached hydrogen (secondary N) is 1. The fraction of sp³-hybridized carbons (Fsp3) is 0.303. The van der Waals surface area contributed by atoms with Crippen molar-refractivity contribution in [3.63, 3.8) is 0 Å². The Bertz CT molecular complexity index is 1620. The van der Waals surface area contributed by atoms with E-state index < -0.39 is 5.25 Å². The average Bonchev–Trinajstić information content (AvgIpc) is 3.36. The minimum Gasteiger partial charge on any atom is -0.497 e. The van der Waals surface area contributed by atoms with Crippen molar-refractivity contribution in [3.05, 3.63) is 88.4 Å². The predicted octanol–water partition coefficient (Wildman–Crippen LogP) is 5.84. The molecule has 3 aromatic carbocycles. The normalized spacial score (nSPS) is 14.6. The third kappa shape index (κ3) is 6.72. The van der Waals surface area contributed by atoms with Crippen LogP contribution in [0.4, 0.5) is 5.82 Å². The molecule has 11 heteroatoms. The first-order chi connectivity index (χ1) is 21.3. The molecule has 4 aromatic rings. The Kier molecular flexibility index (Phi) is 10.1. The number of methoxy groups -OCH3 is 3. The van der Waals surface area contributed by atoms with Crippen LogP contribution in [-0.4, -0.2) is 68.4 Å². The zero-order chi connectivity index (χ0) is 31.2. The number of halogens is 1. The monoisotopic (exact) mass is 634 g/mol. The lowest BCUT2D eigenvalue weighted by Gasteiger charge is -2.24. The highest BCUT2D eigenvalue weighted by Crippen LogP contribution is 2.51. The van der Waals surface area contributed by atoms with E-state index in [0.29, 0.717) is 47.6 Å². The Morgan fingerprint density at radius 1 is 1.05 bits per heavy atom. The number of rotatable bonds is 11. The summed E-state index contributed by atoms with van der Waals surface area (Å²) in [5.41, 5.74) is 4.94. The van der Waals surface area contributed by atoms with Crippen molar-refractivity contribution in [2.75, 3.05) is 51.7 Å². The summed E-state index contributed by atoms with van der Waals surface area (Å²) in [5, 5.41) is 8.26. The van der Waals surface area contributed by atoms with Crippen LogP contribution in [0.3, 0.4) is 0 Å². The van der Waals surface area contributed by atoms with Gasteiger partial charge in [0.2, 0.25) is 11.8 Å². The number of carbonyl (C=O) groups is 2. The van der Waals surface area contributed by atoms with Gasteiger partial charge in [-0.15, -0.1) is 11.8 Å². The second-order valence-corrected chi connectivity index (χ2v) is 11.8. The third-order valence-electron chi connectivity index (χ3n) is 7.35. The van der Waals surface area contributed by atoms with E-state index in [9.17, 15) is 9.59 Å². The van der Waals surface area contributed by atoms with Gasteiger partial charge in [-0.1, -0.05) is 41.4 Å².